The van der Waals surface area contributed by atoms with Crippen molar-refractivity contribution in [3.05, 3.63) is 52.1 Å². The Kier molecular flexibility index (Phi) is 7.06. The summed E-state index contributed by atoms with van der Waals surface area (Å²) in [5.74, 6) is 1.56. The molecule has 3 atom stereocenters. The minimum absolute atomic E-state index is 0.203. The van der Waals surface area contributed by atoms with Crippen LogP contribution in [-0.4, -0.2) is 38.8 Å². The highest BCUT2D eigenvalue weighted by atomic mass is 32.2. The third kappa shape index (κ3) is 5.14. The van der Waals surface area contributed by atoms with Crippen molar-refractivity contribution in [2.24, 2.45) is 5.92 Å². The van der Waals surface area contributed by atoms with Gasteiger partial charge in [-0.3, -0.25) is 14.9 Å². The summed E-state index contributed by atoms with van der Waals surface area (Å²) in [7, 11) is 0. The molecule has 3 unspecified atom stereocenters. The first-order valence-corrected chi connectivity index (χ1v) is 12.8. The molecule has 4 rings (SSSR count). The number of phenols is 1. The minimum atomic E-state index is -0.772. The topological polar surface area (TPSA) is 105 Å². The van der Waals surface area contributed by atoms with Crippen LogP contribution in [0.1, 0.15) is 60.6 Å². The number of aromatic hydroxyl groups is 1. The molecule has 2 aromatic rings. The first kappa shape index (κ1) is 25.4. The second kappa shape index (κ2) is 9.74. The SMILES string of the molecule is Cc1c(C)c2c(c(C)c1O)C(O)CC(COc1ccc(CC3SC(=O)NC3=O)cc1)(CC(C)C)O2. The lowest BCUT2D eigenvalue weighted by Gasteiger charge is -2.43. The average molecular weight is 500 g/mol. The molecular weight excluding hydrogens is 466 g/mol. The van der Waals surface area contributed by atoms with Gasteiger partial charge >= 0.3 is 0 Å². The molecule has 35 heavy (non-hydrogen) atoms. The first-order valence-electron chi connectivity index (χ1n) is 11.9. The lowest BCUT2D eigenvalue weighted by atomic mass is 9.81. The summed E-state index contributed by atoms with van der Waals surface area (Å²) in [6.07, 6.45) is 0.756. The Morgan fingerprint density at radius 1 is 1.14 bits per heavy atom. The molecular formula is C27H33NO6S. The second-order valence-electron chi connectivity index (χ2n) is 10.1. The van der Waals surface area contributed by atoms with E-state index in [1.165, 1.54) is 0 Å². The molecule has 0 aromatic heterocycles. The van der Waals surface area contributed by atoms with Crippen molar-refractivity contribution in [3.8, 4) is 17.2 Å². The Hall–Kier alpha value is -2.71. The largest absolute Gasteiger partial charge is 0.507 e. The third-order valence-corrected chi connectivity index (χ3v) is 7.85. The maximum atomic E-state index is 11.8. The second-order valence-corrected chi connectivity index (χ2v) is 11.3. The van der Waals surface area contributed by atoms with Gasteiger partial charge in [-0.05, 0) is 68.4 Å². The highest BCUT2D eigenvalue weighted by Crippen LogP contribution is 2.49. The molecule has 3 N–H and O–H groups in total. The maximum absolute atomic E-state index is 11.8. The van der Waals surface area contributed by atoms with Gasteiger partial charge < -0.3 is 19.7 Å². The molecule has 0 aliphatic carbocycles. The van der Waals surface area contributed by atoms with Gasteiger partial charge in [0.2, 0.25) is 5.91 Å². The van der Waals surface area contributed by atoms with Gasteiger partial charge in [-0.2, -0.15) is 0 Å². The minimum Gasteiger partial charge on any atom is -0.507 e. The number of amides is 2. The lowest BCUT2D eigenvalue weighted by Crippen LogP contribution is -2.47. The molecule has 8 heteroatoms. The van der Waals surface area contributed by atoms with Gasteiger partial charge in [0.15, 0.2) is 0 Å². The van der Waals surface area contributed by atoms with Crippen LogP contribution in [0.4, 0.5) is 4.79 Å². The van der Waals surface area contributed by atoms with Gasteiger partial charge in [-0.15, -0.1) is 0 Å². The average Bonchev–Trinajstić information content (AvgIpc) is 3.11. The number of imide groups is 1. The lowest BCUT2D eigenvalue weighted by molar-refractivity contribution is -0.118. The fourth-order valence-corrected chi connectivity index (χ4v) is 5.93. The molecule has 7 nitrogen and oxygen atoms in total. The molecule has 2 amide bonds. The number of benzene rings is 2. The molecule has 0 radical (unpaired) electrons. The van der Waals surface area contributed by atoms with Crippen LogP contribution in [0, 0.1) is 26.7 Å². The Balaban J connectivity index is 1.52. The van der Waals surface area contributed by atoms with Crippen molar-refractivity contribution in [1.29, 1.82) is 0 Å². The van der Waals surface area contributed by atoms with Gasteiger partial charge in [-0.1, -0.05) is 37.7 Å². The van der Waals surface area contributed by atoms with Crippen LogP contribution in [0.2, 0.25) is 0 Å². The molecule has 0 bridgehead atoms. The number of rotatable bonds is 7. The van der Waals surface area contributed by atoms with E-state index in [9.17, 15) is 19.8 Å². The van der Waals surface area contributed by atoms with Crippen molar-refractivity contribution in [3.63, 3.8) is 0 Å². The summed E-state index contributed by atoms with van der Waals surface area (Å²) in [5, 5.41) is 23.2. The van der Waals surface area contributed by atoms with E-state index in [1.807, 2.05) is 45.0 Å². The van der Waals surface area contributed by atoms with Crippen molar-refractivity contribution in [1.82, 2.24) is 5.32 Å². The number of fused-ring (bicyclic) bond motifs is 1. The number of carbonyl (C=O) groups excluding carboxylic acids is 2. The zero-order valence-corrected chi connectivity index (χ0v) is 21.6. The van der Waals surface area contributed by atoms with Crippen molar-refractivity contribution in [2.45, 2.75) is 70.8 Å². The number of phenolic OH excluding ortho intramolecular Hbond substituents is 1. The smallest absolute Gasteiger partial charge is 0.286 e. The zero-order valence-electron chi connectivity index (χ0n) is 20.8. The highest BCUT2D eigenvalue weighted by molar-refractivity contribution is 8.15. The number of nitrogens with one attached hydrogen (secondary N) is 1. The number of hydrogen-bond acceptors (Lipinski definition) is 7. The molecule has 0 spiro atoms. The summed E-state index contributed by atoms with van der Waals surface area (Å²) in [4.78, 5) is 23.2. The Bertz CT molecular complexity index is 1150. The van der Waals surface area contributed by atoms with Gasteiger partial charge in [0.1, 0.15) is 29.5 Å². The predicted octanol–water partition coefficient (Wildman–Crippen LogP) is 4.89. The normalized spacial score (nSPS) is 23.7. The number of hydrogen-bond donors (Lipinski definition) is 3. The summed E-state index contributed by atoms with van der Waals surface area (Å²) in [6.45, 7) is 10.1. The number of aliphatic hydroxyl groups excluding tert-OH is 1. The van der Waals surface area contributed by atoms with Crippen LogP contribution in [0.5, 0.6) is 17.2 Å². The van der Waals surface area contributed by atoms with Crippen LogP contribution in [0.3, 0.4) is 0 Å². The van der Waals surface area contributed by atoms with Crippen molar-refractivity contribution < 1.29 is 29.3 Å². The van der Waals surface area contributed by atoms with E-state index in [4.69, 9.17) is 9.47 Å². The monoisotopic (exact) mass is 499 g/mol. The van der Waals surface area contributed by atoms with Crippen molar-refractivity contribution in [2.75, 3.05) is 6.61 Å². The molecule has 0 saturated carbocycles. The van der Waals surface area contributed by atoms with Crippen LogP contribution in [-0.2, 0) is 11.2 Å². The number of aliphatic hydroxyl groups is 1. The van der Waals surface area contributed by atoms with E-state index < -0.39 is 17.0 Å². The number of ether oxygens (including phenoxy) is 2. The predicted molar refractivity (Wildman–Crippen MR) is 135 cm³/mol. The van der Waals surface area contributed by atoms with Gasteiger partial charge in [-0.25, -0.2) is 0 Å². The van der Waals surface area contributed by atoms with E-state index in [1.54, 1.807) is 0 Å². The standard InChI is InChI=1S/C27H33NO6S/c1-14(2)11-27(12-20(29)22-17(5)23(30)15(3)16(4)24(22)34-27)13-33-19-8-6-18(7-9-19)10-21-25(31)28-26(32)35-21/h6-9,14,20-21,29-30H,10-13H2,1-5H3,(H,28,31,32). The maximum Gasteiger partial charge on any atom is 0.286 e. The van der Waals surface area contributed by atoms with Crippen LogP contribution in [0.15, 0.2) is 24.3 Å². The van der Waals surface area contributed by atoms with Gasteiger partial charge in [0.25, 0.3) is 5.24 Å². The number of thioether (sulfide) groups is 1. The Morgan fingerprint density at radius 3 is 2.43 bits per heavy atom. The van der Waals surface area contributed by atoms with E-state index >= 15 is 0 Å². The van der Waals surface area contributed by atoms with Gasteiger partial charge in [0.05, 0.1) is 11.4 Å². The summed E-state index contributed by atoms with van der Waals surface area (Å²) >= 11 is 1.02. The molecule has 2 heterocycles. The molecule has 1 fully saturated rings. The summed E-state index contributed by atoms with van der Waals surface area (Å²) in [5.41, 5.74) is 3.10. The third-order valence-electron chi connectivity index (χ3n) is 6.87. The van der Waals surface area contributed by atoms with Gasteiger partial charge in [0, 0.05) is 17.5 Å². The molecule has 2 aliphatic heterocycles. The molecule has 2 aromatic carbocycles. The van der Waals surface area contributed by atoms with Crippen LogP contribution < -0.4 is 14.8 Å². The van der Waals surface area contributed by atoms with Crippen LogP contribution >= 0.6 is 11.8 Å². The zero-order chi connectivity index (χ0) is 25.5. The fraction of sp³-hybridized carbons (Fsp3) is 0.481. The van der Waals surface area contributed by atoms with E-state index in [0.29, 0.717) is 47.8 Å². The number of carbonyl (C=O) groups is 2. The Morgan fingerprint density at radius 2 is 1.83 bits per heavy atom. The summed E-state index contributed by atoms with van der Waals surface area (Å²) in [6, 6.07) is 7.49. The summed E-state index contributed by atoms with van der Waals surface area (Å²) < 4.78 is 12.8. The first-order chi connectivity index (χ1) is 16.5. The molecule has 2 aliphatic rings. The quantitative estimate of drug-likeness (QED) is 0.498. The van der Waals surface area contributed by atoms with Crippen LogP contribution in [0.25, 0.3) is 0 Å². The fourth-order valence-electron chi connectivity index (χ4n) is 5.07. The Labute approximate surface area is 210 Å². The van der Waals surface area contributed by atoms with E-state index in [2.05, 4.69) is 19.2 Å². The molecule has 188 valence electrons. The highest BCUT2D eigenvalue weighted by Gasteiger charge is 2.44. The molecule has 1 saturated heterocycles. The van der Waals surface area contributed by atoms with E-state index in [-0.39, 0.29) is 23.5 Å². The van der Waals surface area contributed by atoms with Crippen molar-refractivity contribution >= 4 is 22.9 Å². The van der Waals surface area contributed by atoms with E-state index in [0.717, 1.165) is 28.5 Å².